The van der Waals surface area contributed by atoms with E-state index in [0.29, 0.717) is 6.41 Å². The highest BCUT2D eigenvalue weighted by molar-refractivity contribution is 5.46. The van der Waals surface area contributed by atoms with Gasteiger partial charge in [0.25, 0.3) is 0 Å². The van der Waals surface area contributed by atoms with Gasteiger partial charge in [0.05, 0.1) is 0 Å². The molecule has 102 valence electrons. The Bertz CT molecular complexity index is 347. The first-order chi connectivity index (χ1) is 8.24. The second-order valence-electron chi connectivity index (χ2n) is 3.80. The quantitative estimate of drug-likeness (QED) is 0.851. The van der Waals surface area contributed by atoms with E-state index in [1.807, 2.05) is 13.8 Å². The fourth-order valence-corrected chi connectivity index (χ4v) is 0.876. The van der Waals surface area contributed by atoms with Crippen molar-refractivity contribution >= 4 is 6.41 Å². The minimum Gasteiger partial charge on any atom is -0.406 e. The van der Waals surface area contributed by atoms with Gasteiger partial charge in [-0.25, -0.2) is 0 Å². The predicted octanol–water partition coefficient (Wildman–Crippen LogP) is 3.03. The lowest BCUT2D eigenvalue weighted by atomic mass is 10.2. The van der Waals surface area contributed by atoms with Gasteiger partial charge in [-0.15, -0.1) is 13.2 Å². The molecule has 0 aliphatic heterocycles. The number of alkyl halides is 3. The van der Waals surface area contributed by atoms with Crippen molar-refractivity contribution in [2.75, 3.05) is 0 Å². The van der Waals surface area contributed by atoms with Gasteiger partial charge < -0.3 is 10.1 Å². The summed E-state index contributed by atoms with van der Waals surface area (Å²) in [6.45, 7) is 5.61. The molecule has 3 nitrogen and oxygen atoms in total. The smallest absolute Gasteiger partial charge is 0.406 e. The summed E-state index contributed by atoms with van der Waals surface area (Å²) >= 11 is 0. The van der Waals surface area contributed by atoms with E-state index in [9.17, 15) is 18.0 Å². The maximum Gasteiger partial charge on any atom is 0.573 e. The molecule has 0 radical (unpaired) electrons. The molecule has 6 heteroatoms. The van der Waals surface area contributed by atoms with Crippen LogP contribution in [0.2, 0.25) is 0 Å². The first kappa shape index (κ1) is 16.3. The summed E-state index contributed by atoms with van der Waals surface area (Å²) in [6.07, 6.45) is -3.90. The molecule has 1 amide bonds. The van der Waals surface area contributed by atoms with Crippen LogP contribution < -0.4 is 10.1 Å². The number of hydrogen-bond acceptors (Lipinski definition) is 2. The molecule has 18 heavy (non-hydrogen) atoms. The summed E-state index contributed by atoms with van der Waals surface area (Å²) in [5.74, 6) is -0.187. The van der Waals surface area contributed by atoms with E-state index < -0.39 is 6.36 Å². The molecule has 0 aliphatic carbocycles. The number of aryl methyl sites for hydroxylation is 1. The lowest BCUT2D eigenvalue weighted by molar-refractivity contribution is -0.274. The van der Waals surface area contributed by atoms with Gasteiger partial charge in [-0.3, -0.25) is 4.79 Å². The number of carbonyl (C=O) groups is 1. The van der Waals surface area contributed by atoms with Gasteiger partial charge in [0.15, 0.2) is 0 Å². The van der Waals surface area contributed by atoms with Gasteiger partial charge in [0, 0.05) is 6.04 Å². The van der Waals surface area contributed by atoms with E-state index in [2.05, 4.69) is 10.1 Å². The fourth-order valence-electron chi connectivity index (χ4n) is 0.876. The molecule has 0 fully saturated rings. The summed E-state index contributed by atoms with van der Waals surface area (Å²) in [7, 11) is 0. The number of halogens is 3. The van der Waals surface area contributed by atoms with E-state index in [4.69, 9.17) is 0 Å². The molecule has 0 aromatic heterocycles. The summed E-state index contributed by atoms with van der Waals surface area (Å²) in [6, 6.07) is 5.95. The molecule has 0 spiro atoms. The third-order valence-corrected chi connectivity index (χ3v) is 1.66. The van der Waals surface area contributed by atoms with Gasteiger partial charge in [0.1, 0.15) is 5.75 Å². The van der Waals surface area contributed by atoms with Crippen molar-refractivity contribution in [1.82, 2.24) is 5.32 Å². The topological polar surface area (TPSA) is 38.3 Å². The standard InChI is InChI=1S/C8H7F3O.C4H9NO/c1-6-2-4-7(5-3-6)12-8(9,10)11;1-4(2)5-3-6/h2-5H,1H3;3-4H,1-2H3,(H,5,6). The Kier molecular flexibility index (Phi) is 6.85. The van der Waals surface area contributed by atoms with Crippen LogP contribution in [0.3, 0.4) is 0 Å². The van der Waals surface area contributed by atoms with Crippen molar-refractivity contribution in [1.29, 1.82) is 0 Å². The normalized spacial score (nSPS) is 10.4. The zero-order valence-corrected chi connectivity index (χ0v) is 10.4. The third-order valence-electron chi connectivity index (χ3n) is 1.66. The number of hydrogen-bond donors (Lipinski definition) is 1. The summed E-state index contributed by atoms with van der Waals surface area (Å²) in [5, 5.41) is 2.53. The molecule has 1 aromatic carbocycles. The Labute approximate surface area is 104 Å². The van der Waals surface area contributed by atoms with Gasteiger partial charge in [-0.2, -0.15) is 0 Å². The second kappa shape index (κ2) is 7.58. The molecule has 0 saturated carbocycles. The van der Waals surface area contributed by atoms with E-state index in [1.54, 1.807) is 19.1 Å². The van der Waals surface area contributed by atoms with Crippen LogP contribution >= 0.6 is 0 Å². The highest BCUT2D eigenvalue weighted by atomic mass is 19.4. The van der Waals surface area contributed by atoms with E-state index in [-0.39, 0.29) is 11.8 Å². The molecular weight excluding hydrogens is 247 g/mol. The molecule has 1 rings (SSSR count). The van der Waals surface area contributed by atoms with Crippen LogP contribution in [0.15, 0.2) is 24.3 Å². The maximum atomic E-state index is 11.6. The largest absolute Gasteiger partial charge is 0.573 e. The lowest BCUT2D eigenvalue weighted by Crippen LogP contribution is -2.19. The van der Waals surface area contributed by atoms with E-state index in [1.165, 1.54) is 12.1 Å². The van der Waals surface area contributed by atoms with Gasteiger partial charge in [0.2, 0.25) is 6.41 Å². The molecule has 0 atom stereocenters. The molecule has 0 saturated heterocycles. The number of nitrogens with one attached hydrogen (secondary N) is 1. The third kappa shape index (κ3) is 9.50. The average Bonchev–Trinajstić information content (AvgIpc) is 2.20. The van der Waals surface area contributed by atoms with Crippen molar-refractivity contribution < 1.29 is 22.7 Å². The molecule has 0 heterocycles. The SMILES string of the molecule is CC(C)NC=O.Cc1ccc(OC(F)(F)F)cc1. The summed E-state index contributed by atoms with van der Waals surface area (Å²) in [5.41, 5.74) is 0.893. The van der Waals surface area contributed by atoms with Crippen molar-refractivity contribution in [2.24, 2.45) is 0 Å². The number of amides is 1. The highest BCUT2D eigenvalue weighted by Gasteiger charge is 2.30. The number of rotatable bonds is 3. The Morgan fingerprint density at radius 3 is 2.00 bits per heavy atom. The first-order valence-corrected chi connectivity index (χ1v) is 5.26. The predicted molar refractivity (Wildman–Crippen MR) is 62.2 cm³/mol. The Balaban J connectivity index is 0.000000411. The van der Waals surface area contributed by atoms with Crippen LogP contribution in [0, 0.1) is 6.92 Å². The van der Waals surface area contributed by atoms with Crippen molar-refractivity contribution in [2.45, 2.75) is 33.2 Å². The number of carbonyl (C=O) groups excluding carboxylic acids is 1. The van der Waals surface area contributed by atoms with Crippen molar-refractivity contribution in [3.63, 3.8) is 0 Å². The summed E-state index contributed by atoms with van der Waals surface area (Å²) < 4.78 is 38.5. The van der Waals surface area contributed by atoms with Crippen molar-refractivity contribution in [3.05, 3.63) is 29.8 Å². The molecule has 1 aromatic rings. The van der Waals surface area contributed by atoms with Gasteiger partial charge >= 0.3 is 6.36 Å². The second-order valence-corrected chi connectivity index (χ2v) is 3.80. The van der Waals surface area contributed by atoms with Crippen LogP contribution in [-0.4, -0.2) is 18.8 Å². The monoisotopic (exact) mass is 263 g/mol. The number of ether oxygens (including phenoxy) is 1. The first-order valence-electron chi connectivity index (χ1n) is 5.26. The Morgan fingerprint density at radius 1 is 1.22 bits per heavy atom. The molecule has 0 aliphatic rings. The molecule has 1 N–H and O–H groups in total. The van der Waals surface area contributed by atoms with Crippen LogP contribution in [0.1, 0.15) is 19.4 Å². The maximum absolute atomic E-state index is 11.6. The Hall–Kier alpha value is -1.72. The van der Waals surface area contributed by atoms with E-state index in [0.717, 1.165) is 5.56 Å². The average molecular weight is 263 g/mol. The Morgan fingerprint density at radius 2 is 1.72 bits per heavy atom. The fraction of sp³-hybridized carbons (Fsp3) is 0.417. The lowest BCUT2D eigenvalue weighted by Gasteiger charge is -2.08. The molecular formula is C12H16F3NO2. The van der Waals surface area contributed by atoms with Crippen LogP contribution in [0.4, 0.5) is 13.2 Å². The molecule has 0 unspecified atom stereocenters. The van der Waals surface area contributed by atoms with E-state index >= 15 is 0 Å². The van der Waals surface area contributed by atoms with Gasteiger partial charge in [-0.05, 0) is 32.9 Å². The van der Waals surface area contributed by atoms with Crippen LogP contribution in [-0.2, 0) is 4.79 Å². The number of benzene rings is 1. The summed E-state index contributed by atoms with van der Waals surface area (Å²) in [4.78, 5) is 9.50. The van der Waals surface area contributed by atoms with Crippen molar-refractivity contribution in [3.8, 4) is 5.75 Å². The highest BCUT2D eigenvalue weighted by Crippen LogP contribution is 2.22. The minimum absolute atomic E-state index is 0.187. The minimum atomic E-state index is -4.60. The zero-order chi connectivity index (χ0) is 14.2. The van der Waals surface area contributed by atoms with Crippen LogP contribution in [0.25, 0.3) is 0 Å². The van der Waals surface area contributed by atoms with Crippen LogP contribution in [0.5, 0.6) is 5.75 Å². The zero-order valence-electron chi connectivity index (χ0n) is 10.4. The van der Waals surface area contributed by atoms with Gasteiger partial charge in [-0.1, -0.05) is 17.7 Å². The molecule has 0 bridgehead atoms.